The van der Waals surface area contributed by atoms with Crippen LogP contribution in [0.4, 0.5) is 5.69 Å². The normalized spacial score (nSPS) is 24.7. The van der Waals surface area contributed by atoms with E-state index in [1.165, 1.54) is 11.3 Å². The Morgan fingerprint density at radius 3 is 2.40 bits per heavy atom. The van der Waals surface area contributed by atoms with Crippen LogP contribution in [0.2, 0.25) is 0 Å². The molecule has 1 aromatic rings. The fourth-order valence-electron chi connectivity index (χ4n) is 3.61. The smallest absolute Gasteiger partial charge is 0.227 e. The predicted molar refractivity (Wildman–Crippen MR) is 81.1 cm³/mol. The first-order valence-corrected chi connectivity index (χ1v) is 7.40. The van der Waals surface area contributed by atoms with Crippen LogP contribution in [0, 0.1) is 5.41 Å². The van der Waals surface area contributed by atoms with Crippen molar-refractivity contribution in [2.75, 3.05) is 38.6 Å². The molecule has 2 heterocycles. The Bertz CT molecular complexity index is 489. The summed E-state index contributed by atoms with van der Waals surface area (Å²) in [4.78, 5) is 14.5. The second-order valence-electron chi connectivity index (χ2n) is 6.15. The van der Waals surface area contributed by atoms with Crippen LogP contribution < -0.4 is 15.5 Å². The van der Waals surface area contributed by atoms with Gasteiger partial charge in [-0.15, -0.1) is 0 Å². The Hall–Kier alpha value is -1.55. The van der Waals surface area contributed by atoms with Gasteiger partial charge in [0.15, 0.2) is 0 Å². The number of nitrogens with one attached hydrogen (secondary N) is 2. The molecule has 0 saturated carbocycles. The molecule has 3 rings (SSSR count). The minimum absolute atomic E-state index is 0.190. The highest BCUT2D eigenvalue weighted by Crippen LogP contribution is 2.46. The third-order valence-corrected chi connectivity index (χ3v) is 4.89. The molecule has 1 atom stereocenters. The summed E-state index contributed by atoms with van der Waals surface area (Å²) in [6.07, 6.45) is 1.89. The Morgan fingerprint density at radius 2 is 1.80 bits per heavy atom. The summed E-state index contributed by atoms with van der Waals surface area (Å²) in [7, 11) is 4.09. The van der Waals surface area contributed by atoms with E-state index in [0.29, 0.717) is 5.92 Å². The zero-order chi connectivity index (χ0) is 14.2. The van der Waals surface area contributed by atoms with Crippen molar-refractivity contribution in [3.05, 3.63) is 29.8 Å². The summed E-state index contributed by atoms with van der Waals surface area (Å²) < 4.78 is 0. The highest BCUT2D eigenvalue weighted by atomic mass is 16.2. The highest BCUT2D eigenvalue weighted by Gasteiger charge is 2.50. The molecule has 108 valence electrons. The number of benzene rings is 1. The van der Waals surface area contributed by atoms with Crippen LogP contribution >= 0.6 is 0 Å². The van der Waals surface area contributed by atoms with Crippen molar-refractivity contribution in [2.24, 2.45) is 5.41 Å². The summed E-state index contributed by atoms with van der Waals surface area (Å²) >= 11 is 0. The first-order chi connectivity index (χ1) is 9.63. The van der Waals surface area contributed by atoms with E-state index < -0.39 is 0 Å². The number of amides is 1. The molecule has 0 aliphatic carbocycles. The first kappa shape index (κ1) is 13.4. The average Bonchev–Trinajstić information content (AvgIpc) is 2.77. The molecule has 1 spiro atoms. The van der Waals surface area contributed by atoms with Crippen LogP contribution in [0.1, 0.15) is 24.3 Å². The van der Waals surface area contributed by atoms with Crippen molar-refractivity contribution in [1.29, 1.82) is 0 Å². The van der Waals surface area contributed by atoms with Crippen molar-refractivity contribution in [3.8, 4) is 0 Å². The SMILES string of the molecule is CN(C)c1ccc(C2CNC(=O)C23CCNCC3)cc1. The molecule has 0 radical (unpaired) electrons. The summed E-state index contributed by atoms with van der Waals surface area (Å²) in [6.45, 7) is 2.67. The van der Waals surface area contributed by atoms with E-state index in [0.717, 1.165) is 32.5 Å². The molecule has 2 aliphatic rings. The molecule has 2 saturated heterocycles. The molecule has 2 fully saturated rings. The van der Waals surface area contributed by atoms with Gasteiger partial charge in [-0.2, -0.15) is 0 Å². The number of rotatable bonds is 2. The van der Waals surface area contributed by atoms with Crippen LogP contribution in [-0.4, -0.2) is 39.6 Å². The van der Waals surface area contributed by atoms with Gasteiger partial charge in [-0.05, 0) is 43.6 Å². The summed E-state index contributed by atoms with van der Waals surface area (Å²) in [5, 5.41) is 6.45. The summed E-state index contributed by atoms with van der Waals surface area (Å²) in [5.74, 6) is 0.564. The lowest BCUT2D eigenvalue weighted by atomic mass is 9.68. The van der Waals surface area contributed by atoms with Crippen molar-refractivity contribution in [2.45, 2.75) is 18.8 Å². The van der Waals surface area contributed by atoms with E-state index in [2.05, 4.69) is 39.8 Å². The van der Waals surface area contributed by atoms with Gasteiger partial charge in [-0.1, -0.05) is 12.1 Å². The van der Waals surface area contributed by atoms with Gasteiger partial charge in [0.1, 0.15) is 0 Å². The molecule has 4 nitrogen and oxygen atoms in total. The highest BCUT2D eigenvalue weighted by molar-refractivity contribution is 5.86. The molecular formula is C16H23N3O. The Balaban J connectivity index is 1.90. The Kier molecular flexibility index (Phi) is 3.42. The minimum Gasteiger partial charge on any atom is -0.378 e. The maximum Gasteiger partial charge on any atom is 0.227 e. The van der Waals surface area contributed by atoms with Gasteiger partial charge >= 0.3 is 0 Å². The standard InChI is InChI=1S/C16H23N3O/c1-19(2)13-5-3-12(4-6-13)14-11-18-15(20)16(14)7-9-17-10-8-16/h3-6,14,17H,7-11H2,1-2H3,(H,18,20). The Morgan fingerprint density at radius 1 is 1.15 bits per heavy atom. The monoisotopic (exact) mass is 273 g/mol. The van der Waals surface area contributed by atoms with Crippen LogP contribution in [0.15, 0.2) is 24.3 Å². The Labute approximate surface area is 120 Å². The molecule has 2 N–H and O–H groups in total. The lowest BCUT2D eigenvalue weighted by molar-refractivity contribution is -0.129. The molecule has 1 aromatic carbocycles. The number of anilines is 1. The van der Waals surface area contributed by atoms with Gasteiger partial charge in [0.05, 0.1) is 5.41 Å². The van der Waals surface area contributed by atoms with Gasteiger partial charge in [0.25, 0.3) is 0 Å². The molecule has 1 amide bonds. The van der Waals surface area contributed by atoms with Crippen molar-refractivity contribution >= 4 is 11.6 Å². The summed E-state index contributed by atoms with van der Waals surface area (Å²) in [6, 6.07) is 8.66. The van der Waals surface area contributed by atoms with E-state index in [1.54, 1.807) is 0 Å². The number of carbonyl (C=O) groups excluding carboxylic acids is 1. The molecular weight excluding hydrogens is 250 g/mol. The minimum atomic E-state index is -0.190. The second-order valence-corrected chi connectivity index (χ2v) is 6.15. The molecule has 2 aliphatic heterocycles. The van der Waals surface area contributed by atoms with E-state index >= 15 is 0 Å². The number of carbonyl (C=O) groups is 1. The van der Waals surface area contributed by atoms with Gasteiger partial charge in [0.2, 0.25) is 5.91 Å². The van der Waals surface area contributed by atoms with Crippen LogP contribution in [0.3, 0.4) is 0 Å². The third-order valence-electron chi connectivity index (χ3n) is 4.89. The molecule has 1 unspecified atom stereocenters. The van der Waals surface area contributed by atoms with Gasteiger partial charge < -0.3 is 15.5 Å². The van der Waals surface area contributed by atoms with Gasteiger partial charge in [-0.25, -0.2) is 0 Å². The van der Waals surface area contributed by atoms with Crippen molar-refractivity contribution in [1.82, 2.24) is 10.6 Å². The third kappa shape index (κ3) is 2.08. The number of hydrogen-bond acceptors (Lipinski definition) is 3. The van der Waals surface area contributed by atoms with E-state index in [9.17, 15) is 4.79 Å². The summed E-state index contributed by atoms with van der Waals surface area (Å²) in [5.41, 5.74) is 2.30. The van der Waals surface area contributed by atoms with Crippen LogP contribution in [0.25, 0.3) is 0 Å². The maximum absolute atomic E-state index is 12.4. The lowest BCUT2D eigenvalue weighted by Gasteiger charge is -2.36. The largest absolute Gasteiger partial charge is 0.378 e. The topological polar surface area (TPSA) is 44.4 Å². The van der Waals surface area contributed by atoms with Crippen LogP contribution in [-0.2, 0) is 4.79 Å². The van der Waals surface area contributed by atoms with E-state index in [4.69, 9.17) is 0 Å². The van der Waals surface area contributed by atoms with Crippen LogP contribution in [0.5, 0.6) is 0 Å². The average molecular weight is 273 g/mol. The molecule has 0 aromatic heterocycles. The van der Waals surface area contributed by atoms with E-state index in [1.807, 2.05) is 14.1 Å². The quantitative estimate of drug-likeness (QED) is 0.854. The molecule has 0 bridgehead atoms. The fourth-order valence-corrected chi connectivity index (χ4v) is 3.61. The fraction of sp³-hybridized carbons (Fsp3) is 0.562. The first-order valence-electron chi connectivity index (χ1n) is 7.40. The van der Waals surface area contributed by atoms with Crippen molar-refractivity contribution in [3.63, 3.8) is 0 Å². The zero-order valence-electron chi connectivity index (χ0n) is 12.3. The molecule has 4 heteroatoms. The molecule has 20 heavy (non-hydrogen) atoms. The zero-order valence-corrected chi connectivity index (χ0v) is 12.3. The maximum atomic E-state index is 12.4. The second kappa shape index (κ2) is 5.09. The van der Waals surface area contributed by atoms with E-state index in [-0.39, 0.29) is 11.3 Å². The van der Waals surface area contributed by atoms with Crippen molar-refractivity contribution < 1.29 is 4.79 Å². The van der Waals surface area contributed by atoms with Gasteiger partial charge in [-0.3, -0.25) is 4.79 Å². The van der Waals surface area contributed by atoms with Gasteiger partial charge in [0, 0.05) is 32.2 Å². The number of hydrogen-bond donors (Lipinski definition) is 2. The number of piperidine rings is 1. The number of nitrogens with zero attached hydrogens (tertiary/aromatic N) is 1. The lowest BCUT2D eigenvalue weighted by Crippen LogP contribution is -2.44. The predicted octanol–water partition coefficient (Wildman–Crippen LogP) is 1.34.